The molecule has 230 valence electrons. The summed E-state index contributed by atoms with van der Waals surface area (Å²) in [4.78, 5) is 14.0. The summed E-state index contributed by atoms with van der Waals surface area (Å²) < 4.78 is 67.5. The fourth-order valence-corrected chi connectivity index (χ4v) is 7.37. The summed E-state index contributed by atoms with van der Waals surface area (Å²) in [6.07, 6.45) is 3.01. The van der Waals surface area contributed by atoms with Crippen LogP contribution < -0.4 is 4.90 Å². The molecule has 1 aromatic carbocycles. The molecule has 4 aromatic rings. The minimum Gasteiger partial charge on any atom is -0.376 e. The van der Waals surface area contributed by atoms with Gasteiger partial charge in [-0.2, -0.15) is 4.98 Å². The van der Waals surface area contributed by atoms with Crippen LogP contribution in [0.25, 0.3) is 16.9 Å². The lowest BCUT2D eigenvalue weighted by atomic mass is 9.73. The first kappa shape index (κ1) is 28.7. The molecule has 2 unspecified atom stereocenters. The maximum absolute atomic E-state index is 15.4. The van der Waals surface area contributed by atoms with E-state index in [0.29, 0.717) is 36.7 Å². The Labute approximate surface area is 250 Å². The Morgan fingerprint density at radius 3 is 2.63 bits per heavy atom. The Bertz CT molecular complexity index is 1680. The number of hydrogen-bond acceptors (Lipinski definition) is 7. The molecular formula is C29H33ClF4N8O. The van der Waals surface area contributed by atoms with Gasteiger partial charge in [-0.1, -0.05) is 17.7 Å². The minimum atomic E-state index is -2.80. The number of nitrogens with zero attached hydrogens (tertiary/aromatic N) is 8. The second-order valence-corrected chi connectivity index (χ2v) is 12.7. The van der Waals surface area contributed by atoms with E-state index < -0.39 is 34.5 Å². The monoisotopic (exact) mass is 620 g/mol. The second-order valence-electron chi connectivity index (χ2n) is 12.3. The van der Waals surface area contributed by atoms with Crippen molar-refractivity contribution in [2.75, 3.05) is 24.6 Å². The van der Waals surface area contributed by atoms with Crippen molar-refractivity contribution in [3.8, 4) is 0 Å². The number of halogens is 5. The van der Waals surface area contributed by atoms with E-state index in [1.807, 2.05) is 25.2 Å². The van der Waals surface area contributed by atoms with E-state index in [4.69, 9.17) is 26.3 Å². The number of alkyl halides is 2. The van der Waals surface area contributed by atoms with Gasteiger partial charge < -0.3 is 14.2 Å². The Kier molecular flexibility index (Phi) is 7.05. The molecule has 1 saturated carbocycles. The van der Waals surface area contributed by atoms with Gasteiger partial charge in [0.2, 0.25) is 5.92 Å². The number of aryl methyl sites for hydroxylation is 1. The van der Waals surface area contributed by atoms with Crippen LogP contribution >= 0.6 is 11.6 Å². The van der Waals surface area contributed by atoms with Crippen molar-refractivity contribution in [2.24, 2.45) is 5.92 Å². The summed E-state index contributed by atoms with van der Waals surface area (Å²) in [7, 11) is 0. The van der Waals surface area contributed by atoms with Gasteiger partial charge in [0.05, 0.1) is 12.6 Å². The van der Waals surface area contributed by atoms with E-state index in [1.165, 1.54) is 6.07 Å². The zero-order chi connectivity index (χ0) is 30.2. The zero-order valence-electron chi connectivity index (χ0n) is 24.2. The number of hydrogen-bond donors (Lipinski definition) is 0. The van der Waals surface area contributed by atoms with E-state index in [1.54, 1.807) is 6.33 Å². The van der Waals surface area contributed by atoms with Crippen LogP contribution in [0.1, 0.15) is 57.0 Å². The summed E-state index contributed by atoms with van der Waals surface area (Å²) in [5.74, 6) is -3.15. The molecule has 4 atom stereocenters. The molecule has 14 heteroatoms. The van der Waals surface area contributed by atoms with Gasteiger partial charge >= 0.3 is 0 Å². The first-order chi connectivity index (χ1) is 20.5. The lowest BCUT2D eigenvalue weighted by Crippen LogP contribution is -2.59. The predicted octanol–water partition coefficient (Wildman–Crippen LogP) is 5.58. The molecule has 0 N–H and O–H groups in total. The molecule has 2 saturated heterocycles. The topological polar surface area (TPSA) is 76.6 Å². The molecule has 0 radical (unpaired) electrons. The Morgan fingerprint density at radius 1 is 1.12 bits per heavy atom. The van der Waals surface area contributed by atoms with Gasteiger partial charge in [0.15, 0.2) is 11.5 Å². The molecule has 3 fully saturated rings. The van der Waals surface area contributed by atoms with Crippen LogP contribution in [0.2, 0.25) is 5.02 Å². The standard InChI is InChI=1S/C29H33ClF4N8O/c1-15-12-40(16(2)11-39(15)25(18-9-29(33,34)10-18)20-6-7-21(31)22(30)23(20)32)26-24-27(42-14-35-38-28(42)37-26)41(17(3)36-24)13-19-5-4-8-43-19/h6-7,14-16,18-19,25H,4-5,8-13H2,1-3H3/t15-,16+,19?,25?/m1/s1. The number of anilines is 1. The SMILES string of the molecule is Cc1nc2c(N3C[C@@H](C)N(C(c4ccc(F)c(Cl)c4F)C4CC(F)(F)C4)C[C@@H]3C)nc3nncn3c2n1CC1CCCO1. The average Bonchev–Trinajstić information content (AvgIpc) is 3.70. The quantitative estimate of drug-likeness (QED) is 0.206. The summed E-state index contributed by atoms with van der Waals surface area (Å²) in [5.41, 5.74) is 1.69. The number of ether oxygens (including phenoxy) is 1. The van der Waals surface area contributed by atoms with Crippen LogP contribution in [0.15, 0.2) is 18.5 Å². The molecule has 0 amide bonds. The highest BCUT2D eigenvalue weighted by Gasteiger charge is 2.52. The molecule has 5 heterocycles. The van der Waals surface area contributed by atoms with Crippen molar-refractivity contribution in [2.45, 2.75) is 83.2 Å². The normalized spacial score (nSPS) is 25.6. The summed E-state index contributed by atoms with van der Waals surface area (Å²) >= 11 is 5.96. The molecule has 9 nitrogen and oxygen atoms in total. The van der Waals surface area contributed by atoms with Crippen molar-refractivity contribution in [1.29, 1.82) is 0 Å². The Hall–Kier alpha value is -3.03. The largest absolute Gasteiger partial charge is 0.376 e. The zero-order valence-corrected chi connectivity index (χ0v) is 24.9. The maximum atomic E-state index is 15.4. The molecule has 43 heavy (non-hydrogen) atoms. The Balaban J connectivity index is 1.25. The van der Waals surface area contributed by atoms with Crippen LogP contribution in [-0.2, 0) is 11.3 Å². The van der Waals surface area contributed by atoms with E-state index >= 15 is 4.39 Å². The lowest BCUT2D eigenvalue weighted by Gasteiger charge is -2.52. The average molecular weight is 621 g/mol. The highest BCUT2D eigenvalue weighted by atomic mass is 35.5. The van der Waals surface area contributed by atoms with Crippen molar-refractivity contribution in [3.05, 3.63) is 46.5 Å². The molecule has 0 spiro atoms. The van der Waals surface area contributed by atoms with Gasteiger partial charge in [-0.25, -0.2) is 26.9 Å². The number of fused-ring (bicyclic) bond motifs is 3. The van der Waals surface area contributed by atoms with Gasteiger partial charge in [0.25, 0.3) is 5.78 Å². The van der Waals surface area contributed by atoms with E-state index in [9.17, 15) is 13.2 Å². The van der Waals surface area contributed by atoms with Crippen molar-refractivity contribution >= 4 is 34.4 Å². The van der Waals surface area contributed by atoms with E-state index in [2.05, 4.69) is 24.6 Å². The summed E-state index contributed by atoms with van der Waals surface area (Å²) in [5, 5.41) is 7.74. The third kappa shape index (κ3) is 4.83. The van der Waals surface area contributed by atoms with E-state index in [0.717, 1.165) is 37.0 Å². The van der Waals surface area contributed by atoms with Gasteiger partial charge in [-0.3, -0.25) is 4.90 Å². The third-order valence-electron chi connectivity index (χ3n) is 9.33. The number of imidazole rings is 1. The van der Waals surface area contributed by atoms with Crippen LogP contribution in [0.5, 0.6) is 0 Å². The van der Waals surface area contributed by atoms with Crippen molar-refractivity contribution < 1.29 is 22.3 Å². The van der Waals surface area contributed by atoms with E-state index in [-0.39, 0.29) is 36.6 Å². The fraction of sp³-hybridized carbons (Fsp3) is 0.586. The van der Waals surface area contributed by atoms with Crippen LogP contribution in [0.4, 0.5) is 23.4 Å². The first-order valence-electron chi connectivity index (χ1n) is 14.7. The van der Waals surface area contributed by atoms with Gasteiger partial charge in [0, 0.05) is 56.2 Å². The highest BCUT2D eigenvalue weighted by Crippen LogP contribution is 2.52. The van der Waals surface area contributed by atoms with Crippen LogP contribution in [0, 0.1) is 24.5 Å². The third-order valence-corrected chi connectivity index (χ3v) is 9.68. The fourth-order valence-electron chi connectivity index (χ4n) is 7.20. The molecule has 7 rings (SSSR count). The van der Waals surface area contributed by atoms with Crippen molar-refractivity contribution in [1.82, 2.24) is 34.0 Å². The highest BCUT2D eigenvalue weighted by molar-refractivity contribution is 6.31. The minimum absolute atomic E-state index is 0.0953. The molecule has 2 aliphatic heterocycles. The smallest absolute Gasteiger partial charge is 0.258 e. The predicted molar refractivity (Wildman–Crippen MR) is 153 cm³/mol. The Morgan fingerprint density at radius 2 is 1.91 bits per heavy atom. The molecular weight excluding hydrogens is 588 g/mol. The molecule has 3 aromatic heterocycles. The van der Waals surface area contributed by atoms with Gasteiger partial charge in [-0.15, -0.1) is 10.2 Å². The summed E-state index contributed by atoms with van der Waals surface area (Å²) in [6.45, 7) is 8.27. The maximum Gasteiger partial charge on any atom is 0.258 e. The van der Waals surface area contributed by atoms with Crippen LogP contribution in [-0.4, -0.2) is 77.8 Å². The van der Waals surface area contributed by atoms with Crippen molar-refractivity contribution in [3.63, 3.8) is 0 Å². The second kappa shape index (κ2) is 10.6. The van der Waals surface area contributed by atoms with Crippen LogP contribution in [0.3, 0.4) is 0 Å². The van der Waals surface area contributed by atoms with Gasteiger partial charge in [-0.05, 0) is 45.6 Å². The first-order valence-corrected chi connectivity index (χ1v) is 15.1. The number of benzene rings is 1. The number of piperazine rings is 1. The molecule has 0 bridgehead atoms. The number of aromatic nitrogens is 6. The number of rotatable bonds is 6. The molecule has 1 aliphatic carbocycles. The molecule has 3 aliphatic rings. The van der Waals surface area contributed by atoms with Gasteiger partial charge in [0.1, 0.15) is 34.3 Å². The lowest BCUT2D eigenvalue weighted by molar-refractivity contribution is -0.137. The summed E-state index contributed by atoms with van der Waals surface area (Å²) in [6, 6.07) is 1.42.